The molecule has 1 fully saturated rings. The van der Waals surface area contributed by atoms with E-state index in [0.717, 1.165) is 30.9 Å². The lowest BCUT2D eigenvalue weighted by Crippen LogP contribution is -2.48. The molecule has 1 saturated heterocycles. The molecular formula is C18H21FN4OS. The van der Waals surface area contributed by atoms with E-state index in [1.54, 1.807) is 18.2 Å². The number of hydrogen-bond donors (Lipinski definition) is 0. The summed E-state index contributed by atoms with van der Waals surface area (Å²) in [5.41, 5.74) is 2.35. The molecule has 0 saturated carbocycles. The average molecular weight is 360 g/mol. The Bertz CT molecular complexity index is 745. The third kappa shape index (κ3) is 4.55. The summed E-state index contributed by atoms with van der Waals surface area (Å²) >= 11 is 1.44. The van der Waals surface area contributed by atoms with Crippen LogP contribution < -0.4 is 0 Å². The van der Waals surface area contributed by atoms with Gasteiger partial charge in [0.25, 0.3) is 5.91 Å². The van der Waals surface area contributed by atoms with Gasteiger partial charge in [0.1, 0.15) is 11.5 Å². The molecule has 1 aliphatic rings. The Morgan fingerprint density at radius 3 is 2.48 bits per heavy atom. The second kappa shape index (κ2) is 7.93. The summed E-state index contributed by atoms with van der Waals surface area (Å²) in [7, 11) is 0. The second-order valence-electron chi connectivity index (χ2n) is 6.08. The van der Waals surface area contributed by atoms with E-state index in [9.17, 15) is 9.18 Å². The van der Waals surface area contributed by atoms with E-state index in [4.69, 9.17) is 0 Å². The van der Waals surface area contributed by atoms with Crippen molar-refractivity contribution in [3.05, 3.63) is 53.1 Å². The van der Waals surface area contributed by atoms with Crippen molar-refractivity contribution in [3.8, 4) is 0 Å². The first-order valence-corrected chi connectivity index (χ1v) is 9.43. The molecule has 0 N–H and O–H groups in total. The van der Waals surface area contributed by atoms with Crippen LogP contribution in [0.25, 0.3) is 0 Å². The van der Waals surface area contributed by atoms with Gasteiger partial charge in [-0.3, -0.25) is 9.69 Å². The minimum absolute atomic E-state index is 0.0396. The standard InChI is InChI=1S/C18H21FN4OS/c1-13-11-16(21-18(20-13)25-2)17(24)23-9-7-22(8-10-23)12-14-3-5-15(19)6-4-14/h3-6,11H,7-10,12H2,1-2H3. The highest BCUT2D eigenvalue weighted by Gasteiger charge is 2.23. The first-order valence-electron chi connectivity index (χ1n) is 8.21. The number of amides is 1. The number of aromatic nitrogens is 2. The van der Waals surface area contributed by atoms with Gasteiger partial charge < -0.3 is 4.90 Å². The van der Waals surface area contributed by atoms with Gasteiger partial charge in [-0.2, -0.15) is 0 Å². The molecule has 0 radical (unpaired) electrons. The van der Waals surface area contributed by atoms with Gasteiger partial charge in [-0.05, 0) is 36.9 Å². The lowest BCUT2D eigenvalue weighted by molar-refractivity contribution is 0.0621. The van der Waals surface area contributed by atoms with Crippen LogP contribution in [0.3, 0.4) is 0 Å². The molecule has 0 spiro atoms. The summed E-state index contributed by atoms with van der Waals surface area (Å²) in [4.78, 5) is 25.4. The van der Waals surface area contributed by atoms with E-state index in [1.165, 1.54) is 23.9 Å². The number of carbonyl (C=O) groups excluding carboxylic acids is 1. The molecule has 2 heterocycles. The minimum atomic E-state index is -0.219. The highest BCUT2D eigenvalue weighted by molar-refractivity contribution is 7.98. The lowest BCUT2D eigenvalue weighted by atomic mass is 10.2. The molecule has 132 valence electrons. The number of rotatable bonds is 4. The number of nitrogens with zero attached hydrogens (tertiary/aromatic N) is 4. The number of halogens is 1. The first-order chi connectivity index (χ1) is 12.0. The van der Waals surface area contributed by atoms with Crippen LogP contribution in [-0.2, 0) is 6.54 Å². The average Bonchev–Trinajstić information content (AvgIpc) is 2.63. The molecule has 0 bridgehead atoms. The van der Waals surface area contributed by atoms with Crippen LogP contribution >= 0.6 is 11.8 Å². The Balaban J connectivity index is 1.59. The molecule has 5 nitrogen and oxygen atoms in total. The van der Waals surface area contributed by atoms with Gasteiger partial charge in [-0.15, -0.1) is 0 Å². The number of piperazine rings is 1. The zero-order valence-electron chi connectivity index (χ0n) is 14.4. The molecular weight excluding hydrogens is 339 g/mol. The van der Waals surface area contributed by atoms with Crippen molar-refractivity contribution in [3.63, 3.8) is 0 Å². The normalized spacial score (nSPS) is 15.4. The molecule has 1 aromatic heterocycles. The van der Waals surface area contributed by atoms with Crippen molar-refractivity contribution in [1.29, 1.82) is 0 Å². The van der Waals surface area contributed by atoms with E-state index in [1.807, 2.05) is 18.1 Å². The maximum absolute atomic E-state index is 13.0. The summed E-state index contributed by atoms with van der Waals surface area (Å²) in [6, 6.07) is 8.32. The van der Waals surface area contributed by atoms with Gasteiger partial charge in [0.2, 0.25) is 0 Å². The topological polar surface area (TPSA) is 49.3 Å². The second-order valence-corrected chi connectivity index (χ2v) is 6.85. The van der Waals surface area contributed by atoms with E-state index in [2.05, 4.69) is 14.9 Å². The molecule has 25 heavy (non-hydrogen) atoms. The highest BCUT2D eigenvalue weighted by Crippen LogP contribution is 2.14. The summed E-state index contributed by atoms with van der Waals surface area (Å²) in [6.45, 7) is 5.56. The molecule has 1 aliphatic heterocycles. The quantitative estimate of drug-likeness (QED) is 0.620. The van der Waals surface area contributed by atoms with Crippen molar-refractivity contribution < 1.29 is 9.18 Å². The minimum Gasteiger partial charge on any atom is -0.335 e. The summed E-state index contributed by atoms with van der Waals surface area (Å²) in [6.07, 6.45) is 1.90. The van der Waals surface area contributed by atoms with Gasteiger partial charge in [-0.25, -0.2) is 14.4 Å². The van der Waals surface area contributed by atoms with E-state index in [0.29, 0.717) is 23.9 Å². The maximum atomic E-state index is 13.0. The predicted molar refractivity (Wildman–Crippen MR) is 96.1 cm³/mol. The molecule has 3 rings (SSSR count). The molecule has 0 aliphatic carbocycles. The number of aryl methyl sites for hydroxylation is 1. The number of carbonyl (C=O) groups is 1. The Morgan fingerprint density at radius 2 is 1.84 bits per heavy atom. The van der Waals surface area contributed by atoms with Crippen LogP contribution in [-0.4, -0.2) is 58.1 Å². The Kier molecular flexibility index (Phi) is 5.65. The van der Waals surface area contributed by atoms with Gasteiger partial charge in [0.15, 0.2) is 5.16 Å². The van der Waals surface area contributed by atoms with Gasteiger partial charge in [0, 0.05) is 38.4 Å². The molecule has 7 heteroatoms. The smallest absolute Gasteiger partial charge is 0.272 e. The van der Waals surface area contributed by atoms with Crippen LogP contribution in [0.5, 0.6) is 0 Å². The van der Waals surface area contributed by atoms with Gasteiger partial charge in [0.05, 0.1) is 0 Å². The van der Waals surface area contributed by atoms with E-state index < -0.39 is 0 Å². The van der Waals surface area contributed by atoms with Crippen LogP contribution in [0.4, 0.5) is 4.39 Å². The van der Waals surface area contributed by atoms with E-state index in [-0.39, 0.29) is 11.7 Å². The molecule has 1 amide bonds. The largest absolute Gasteiger partial charge is 0.335 e. The van der Waals surface area contributed by atoms with Gasteiger partial charge in [-0.1, -0.05) is 23.9 Å². The molecule has 2 aromatic rings. The van der Waals surface area contributed by atoms with Crippen molar-refractivity contribution >= 4 is 17.7 Å². The van der Waals surface area contributed by atoms with E-state index >= 15 is 0 Å². The Morgan fingerprint density at radius 1 is 1.16 bits per heavy atom. The van der Waals surface area contributed by atoms with Crippen LogP contribution in [0.15, 0.2) is 35.5 Å². The Labute approximate surface area is 151 Å². The fourth-order valence-corrected chi connectivity index (χ4v) is 3.29. The van der Waals surface area contributed by atoms with Crippen molar-refractivity contribution in [2.45, 2.75) is 18.6 Å². The van der Waals surface area contributed by atoms with Crippen molar-refractivity contribution in [2.24, 2.45) is 0 Å². The zero-order chi connectivity index (χ0) is 17.8. The fraction of sp³-hybridized carbons (Fsp3) is 0.389. The third-order valence-electron chi connectivity index (χ3n) is 4.21. The fourth-order valence-electron chi connectivity index (χ4n) is 2.86. The maximum Gasteiger partial charge on any atom is 0.272 e. The summed E-state index contributed by atoms with van der Waals surface area (Å²) in [5.74, 6) is -0.258. The van der Waals surface area contributed by atoms with Crippen molar-refractivity contribution in [2.75, 3.05) is 32.4 Å². The number of thioether (sulfide) groups is 1. The summed E-state index contributed by atoms with van der Waals surface area (Å²) < 4.78 is 13.0. The first kappa shape index (κ1) is 17.8. The predicted octanol–water partition coefficient (Wildman–Crippen LogP) is 2.60. The van der Waals surface area contributed by atoms with Crippen LogP contribution in [0, 0.1) is 12.7 Å². The SMILES string of the molecule is CSc1nc(C)cc(C(=O)N2CCN(Cc3ccc(F)cc3)CC2)n1. The van der Waals surface area contributed by atoms with Crippen LogP contribution in [0.2, 0.25) is 0 Å². The molecule has 0 unspecified atom stereocenters. The number of hydrogen-bond acceptors (Lipinski definition) is 5. The number of benzene rings is 1. The summed E-state index contributed by atoms with van der Waals surface area (Å²) in [5, 5.41) is 0.623. The third-order valence-corrected chi connectivity index (χ3v) is 4.76. The molecule has 1 aromatic carbocycles. The lowest BCUT2D eigenvalue weighted by Gasteiger charge is -2.34. The Hall–Kier alpha value is -1.99. The molecule has 0 atom stereocenters. The highest BCUT2D eigenvalue weighted by atomic mass is 32.2. The monoisotopic (exact) mass is 360 g/mol. The van der Waals surface area contributed by atoms with Crippen molar-refractivity contribution in [1.82, 2.24) is 19.8 Å². The zero-order valence-corrected chi connectivity index (χ0v) is 15.2. The van der Waals surface area contributed by atoms with Crippen LogP contribution in [0.1, 0.15) is 21.7 Å². The van der Waals surface area contributed by atoms with Gasteiger partial charge >= 0.3 is 0 Å².